The minimum atomic E-state index is -0.459. The number of ether oxygens (including phenoxy) is 1. The van der Waals surface area contributed by atoms with E-state index in [0.29, 0.717) is 17.8 Å². The van der Waals surface area contributed by atoms with Crippen LogP contribution in [0.3, 0.4) is 0 Å². The highest BCUT2D eigenvalue weighted by Crippen LogP contribution is 2.16. The largest absolute Gasteiger partial charge is 0.465 e. The van der Waals surface area contributed by atoms with Crippen LogP contribution in [0, 0.1) is 17.0 Å². The van der Waals surface area contributed by atoms with E-state index in [2.05, 4.69) is 9.84 Å². The lowest BCUT2D eigenvalue weighted by atomic mass is 10.1. The van der Waals surface area contributed by atoms with Crippen LogP contribution in [0.1, 0.15) is 21.6 Å². The molecule has 7 heteroatoms. The highest BCUT2D eigenvalue weighted by atomic mass is 16.6. The molecule has 0 N–H and O–H groups in total. The van der Waals surface area contributed by atoms with E-state index in [9.17, 15) is 14.9 Å². The fourth-order valence-electron chi connectivity index (χ4n) is 1.82. The standard InChI is InChI=1S/C13H13N3O4/c1-9-12(16(18)19)8-15(14-9)7-10-3-5-11(6-4-10)13(17)20-2/h3-6,8H,7H2,1-2H3. The molecule has 0 radical (unpaired) electrons. The van der Waals surface area contributed by atoms with Gasteiger partial charge in [0, 0.05) is 0 Å². The van der Waals surface area contributed by atoms with Crippen LogP contribution in [0.5, 0.6) is 0 Å². The van der Waals surface area contributed by atoms with Gasteiger partial charge in [0.1, 0.15) is 11.9 Å². The molecule has 0 atom stereocenters. The van der Waals surface area contributed by atoms with Gasteiger partial charge in [0.15, 0.2) is 0 Å². The number of rotatable bonds is 4. The first-order valence-electron chi connectivity index (χ1n) is 5.87. The third kappa shape index (κ3) is 2.82. The van der Waals surface area contributed by atoms with Crippen molar-refractivity contribution in [2.75, 3.05) is 7.11 Å². The molecule has 0 spiro atoms. The Hall–Kier alpha value is -2.70. The molecule has 0 aliphatic rings. The Bertz CT molecular complexity index is 646. The van der Waals surface area contributed by atoms with E-state index in [1.165, 1.54) is 18.0 Å². The molecule has 0 amide bonds. The lowest BCUT2D eigenvalue weighted by Gasteiger charge is -2.03. The third-order valence-corrected chi connectivity index (χ3v) is 2.84. The Labute approximate surface area is 114 Å². The molecular weight excluding hydrogens is 262 g/mol. The summed E-state index contributed by atoms with van der Waals surface area (Å²) in [5.41, 5.74) is 1.71. The van der Waals surface area contributed by atoms with E-state index in [1.807, 2.05) is 0 Å². The molecule has 0 unspecified atom stereocenters. The highest BCUT2D eigenvalue weighted by Gasteiger charge is 2.15. The van der Waals surface area contributed by atoms with Gasteiger partial charge in [0.2, 0.25) is 0 Å². The third-order valence-electron chi connectivity index (χ3n) is 2.84. The molecule has 104 valence electrons. The summed E-state index contributed by atoms with van der Waals surface area (Å²) in [7, 11) is 1.32. The van der Waals surface area contributed by atoms with Crippen molar-refractivity contribution in [3.63, 3.8) is 0 Å². The topological polar surface area (TPSA) is 87.3 Å². The summed E-state index contributed by atoms with van der Waals surface area (Å²) in [5.74, 6) is -0.401. The summed E-state index contributed by atoms with van der Waals surface area (Å²) >= 11 is 0. The molecule has 0 bridgehead atoms. The fourth-order valence-corrected chi connectivity index (χ4v) is 1.82. The zero-order valence-corrected chi connectivity index (χ0v) is 11.1. The molecule has 1 heterocycles. The second-order valence-corrected chi connectivity index (χ2v) is 4.24. The van der Waals surface area contributed by atoms with Crippen LogP contribution in [0.2, 0.25) is 0 Å². The number of hydrogen-bond acceptors (Lipinski definition) is 5. The molecule has 0 saturated carbocycles. The van der Waals surface area contributed by atoms with Crippen LogP contribution in [-0.4, -0.2) is 27.8 Å². The van der Waals surface area contributed by atoms with Gasteiger partial charge >= 0.3 is 11.7 Å². The Kier molecular flexibility index (Phi) is 3.79. The first-order valence-corrected chi connectivity index (χ1v) is 5.87. The fraction of sp³-hybridized carbons (Fsp3) is 0.231. The molecular formula is C13H13N3O4. The van der Waals surface area contributed by atoms with Crippen molar-refractivity contribution in [1.29, 1.82) is 0 Å². The van der Waals surface area contributed by atoms with Gasteiger partial charge in [-0.05, 0) is 24.6 Å². The van der Waals surface area contributed by atoms with Gasteiger partial charge in [-0.15, -0.1) is 0 Å². The van der Waals surface area contributed by atoms with Crippen molar-refractivity contribution >= 4 is 11.7 Å². The van der Waals surface area contributed by atoms with Gasteiger partial charge in [-0.25, -0.2) is 4.79 Å². The van der Waals surface area contributed by atoms with Crippen molar-refractivity contribution in [3.8, 4) is 0 Å². The minimum Gasteiger partial charge on any atom is -0.465 e. The average Bonchev–Trinajstić information content (AvgIpc) is 2.79. The Morgan fingerprint density at radius 1 is 1.40 bits per heavy atom. The van der Waals surface area contributed by atoms with E-state index in [0.717, 1.165) is 5.56 Å². The Balaban J connectivity index is 2.16. The van der Waals surface area contributed by atoms with Crippen molar-refractivity contribution in [3.05, 3.63) is 57.4 Å². The number of nitro groups is 1. The van der Waals surface area contributed by atoms with Gasteiger partial charge in [-0.2, -0.15) is 5.10 Å². The molecule has 20 heavy (non-hydrogen) atoms. The van der Waals surface area contributed by atoms with Gasteiger partial charge in [0.25, 0.3) is 0 Å². The summed E-state index contributed by atoms with van der Waals surface area (Å²) in [6.07, 6.45) is 1.39. The van der Waals surface area contributed by atoms with Crippen molar-refractivity contribution in [2.45, 2.75) is 13.5 Å². The smallest absolute Gasteiger partial charge is 0.337 e. The quantitative estimate of drug-likeness (QED) is 0.483. The van der Waals surface area contributed by atoms with Crippen LogP contribution in [0.15, 0.2) is 30.5 Å². The SMILES string of the molecule is COC(=O)c1ccc(Cn2cc([N+](=O)[O-])c(C)n2)cc1. The first kappa shape index (κ1) is 13.7. The minimum absolute atomic E-state index is 0.00354. The lowest BCUT2D eigenvalue weighted by Crippen LogP contribution is -2.03. The molecule has 0 aliphatic carbocycles. The van der Waals surface area contributed by atoms with Gasteiger partial charge in [0.05, 0.1) is 24.1 Å². The van der Waals surface area contributed by atoms with E-state index in [-0.39, 0.29) is 5.69 Å². The van der Waals surface area contributed by atoms with Crippen molar-refractivity contribution < 1.29 is 14.5 Å². The van der Waals surface area contributed by atoms with E-state index >= 15 is 0 Å². The number of aryl methyl sites for hydroxylation is 1. The normalized spacial score (nSPS) is 10.3. The van der Waals surface area contributed by atoms with Crippen molar-refractivity contribution in [1.82, 2.24) is 9.78 Å². The number of nitrogens with zero attached hydrogens (tertiary/aromatic N) is 3. The molecule has 1 aromatic heterocycles. The van der Waals surface area contributed by atoms with Crippen LogP contribution in [0.25, 0.3) is 0 Å². The van der Waals surface area contributed by atoms with Crippen LogP contribution >= 0.6 is 0 Å². The monoisotopic (exact) mass is 275 g/mol. The number of benzene rings is 1. The number of hydrogen-bond donors (Lipinski definition) is 0. The zero-order chi connectivity index (χ0) is 14.7. The summed E-state index contributed by atoms with van der Waals surface area (Å²) in [5, 5.41) is 14.8. The molecule has 2 rings (SSSR count). The zero-order valence-electron chi connectivity index (χ0n) is 11.1. The number of aromatic nitrogens is 2. The summed E-state index contributed by atoms with van der Waals surface area (Å²) in [4.78, 5) is 21.6. The highest BCUT2D eigenvalue weighted by molar-refractivity contribution is 5.89. The lowest BCUT2D eigenvalue weighted by molar-refractivity contribution is -0.385. The predicted molar refractivity (Wildman–Crippen MR) is 70.5 cm³/mol. The van der Waals surface area contributed by atoms with Crippen molar-refractivity contribution in [2.24, 2.45) is 0 Å². The predicted octanol–water partition coefficient (Wildman–Crippen LogP) is 1.93. The van der Waals surface area contributed by atoms with E-state index in [4.69, 9.17) is 0 Å². The number of carbonyl (C=O) groups is 1. The summed E-state index contributed by atoms with van der Waals surface area (Å²) < 4.78 is 6.11. The molecule has 0 fully saturated rings. The van der Waals surface area contributed by atoms with E-state index < -0.39 is 10.9 Å². The maximum absolute atomic E-state index is 11.3. The maximum atomic E-state index is 11.3. The molecule has 7 nitrogen and oxygen atoms in total. The molecule has 0 saturated heterocycles. The Morgan fingerprint density at radius 2 is 2.05 bits per heavy atom. The van der Waals surface area contributed by atoms with Crippen LogP contribution in [-0.2, 0) is 11.3 Å². The molecule has 0 aliphatic heterocycles. The number of esters is 1. The van der Waals surface area contributed by atoms with E-state index in [1.54, 1.807) is 31.2 Å². The molecule has 2 aromatic rings. The first-order chi connectivity index (χ1) is 9.51. The van der Waals surface area contributed by atoms with Crippen LogP contribution < -0.4 is 0 Å². The number of carbonyl (C=O) groups excluding carboxylic acids is 1. The van der Waals surface area contributed by atoms with Gasteiger partial charge < -0.3 is 4.74 Å². The second-order valence-electron chi connectivity index (χ2n) is 4.24. The van der Waals surface area contributed by atoms with Gasteiger partial charge in [-0.1, -0.05) is 12.1 Å². The molecule has 1 aromatic carbocycles. The Morgan fingerprint density at radius 3 is 2.55 bits per heavy atom. The summed E-state index contributed by atoms with van der Waals surface area (Å²) in [6.45, 7) is 1.99. The maximum Gasteiger partial charge on any atom is 0.337 e. The average molecular weight is 275 g/mol. The summed E-state index contributed by atoms with van der Waals surface area (Å²) in [6, 6.07) is 6.81. The van der Waals surface area contributed by atoms with Gasteiger partial charge in [-0.3, -0.25) is 14.8 Å². The second kappa shape index (κ2) is 5.52. The number of methoxy groups -OCH3 is 1. The van der Waals surface area contributed by atoms with Crippen LogP contribution in [0.4, 0.5) is 5.69 Å².